The minimum atomic E-state index is 0.875. The smallest absolute Gasteiger partial charge is 0.00518 e. The van der Waals surface area contributed by atoms with Gasteiger partial charge in [-0.1, -0.05) is 30.7 Å². The quantitative estimate of drug-likeness (QED) is 0.480. The molecule has 0 aromatic carbocycles. The molecule has 0 aromatic heterocycles. The van der Waals surface area contributed by atoms with Crippen LogP contribution >= 0.6 is 0 Å². The molecule has 1 fully saturated rings. The van der Waals surface area contributed by atoms with Crippen LogP contribution in [0.15, 0.2) is 23.8 Å². The topological polar surface area (TPSA) is 0 Å². The average molecular weight is 106 g/mol. The Morgan fingerprint density at radius 1 is 1.62 bits per heavy atom. The summed E-state index contributed by atoms with van der Waals surface area (Å²) in [7, 11) is 0. The molecule has 0 aliphatic heterocycles. The summed E-state index contributed by atoms with van der Waals surface area (Å²) in [5.41, 5.74) is 1.67. The van der Waals surface area contributed by atoms with E-state index < -0.39 is 0 Å². The molecule has 42 valence electrons. The van der Waals surface area contributed by atoms with E-state index in [-0.39, 0.29) is 0 Å². The zero-order valence-electron chi connectivity index (χ0n) is 5.09. The standard InChI is InChI=1S/C8H10/c1-2-6-7-4-3-5-8(6)7/h3-7H,2H2,1H3/t6-,7?/m0/s1. The van der Waals surface area contributed by atoms with Crippen LogP contribution in [0.1, 0.15) is 13.3 Å². The number of hydrogen-bond acceptors (Lipinski definition) is 0. The second kappa shape index (κ2) is 1.25. The normalized spacial score (nSPS) is 39.4. The van der Waals surface area contributed by atoms with Crippen LogP contribution < -0.4 is 0 Å². The van der Waals surface area contributed by atoms with Gasteiger partial charge < -0.3 is 0 Å². The van der Waals surface area contributed by atoms with Gasteiger partial charge in [-0.2, -0.15) is 0 Å². The van der Waals surface area contributed by atoms with Gasteiger partial charge in [0, 0.05) is 5.92 Å². The first-order chi connectivity index (χ1) is 3.93. The van der Waals surface area contributed by atoms with Gasteiger partial charge in [0.05, 0.1) is 0 Å². The highest BCUT2D eigenvalue weighted by atomic mass is 14.4. The van der Waals surface area contributed by atoms with E-state index >= 15 is 0 Å². The molecule has 0 N–H and O–H groups in total. The van der Waals surface area contributed by atoms with Crippen LogP contribution in [0.3, 0.4) is 0 Å². The number of fused-ring (bicyclic) bond motifs is 1. The molecular weight excluding hydrogens is 96.1 g/mol. The fraction of sp³-hybridized carbons (Fsp3) is 0.500. The van der Waals surface area contributed by atoms with Crippen molar-refractivity contribution >= 4 is 0 Å². The van der Waals surface area contributed by atoms with Gasteiger partial charge >= 0.3 is 0 Å². The van der Waals surface area contributed by atoms with Gasteiger partial charge in [-0.3, -0.25) is 0 Å². The first-order valence-corrected chi connectivity index (χ1v) is 3.31. The van der Waals surface area contributed by atoms with Gasteiger partial charge in [0.2, 0.25) is 0 Å². The zero-order chi connectivity index (χ0) is 5.56. The van der Waals surface area contributed by atoms with E-state index in [9.17, 15) is 0 Å². The average Bonchev–Trinajstić information content (AvgIpc) is 2.22. The van der Waals surface area contributed by atoms with Crippen molar-refractivity contribution in [3.63, 3.8) is 0 Å². The highest BCUT2D eigenvalue weighted by Crippen LogP contribution is 2.51. The highest BCUT2D eigenvalue weighted by Gasteiger charge is 2.41. The van der Waals surface area contributed by atoms with Gasteiger partial charge in [0.1, 0.15) is 0 Å². The molecule has 2 atom stereocenters. The first kappa shape index (κ1) is 4.37. The van der Waals surface area contributed by atoms with E-state index in [2.05, 4.69) is 25.2 Å². The molecule has 0 bridgehead atoms. The Morgan fingerprint density at radius 2 is 2.50 bits per heavy atom. The SMILES string of the molecule is CC[C@@H]1C2=CC=CC21. The van der Waals surface area contributed by atoms with E-state index in [1.165, 1.54) is 6.42 Å². The molecule has 0 aromatic rings. The summed E-state index contributed by atoms with van der Waals surface area (Å²) < 4.78 is 0. The van der Waals surface area contributed by atoms with Crippen molar-refractivity contribution in [2.75, 3.05) is 0 Å². The third-order valence-corrected chi connectivity index (χ3v) is 2.18. The van der Waals surface area contributed by atoms with E-state index in [1.54, 1.807) is 5.57 Å². The predicted octanol–water partition coefficient (Wildman–Crippen LogP) is 2.14. The minimum absolute atomic E-state index is 0.875. The summed E-state index contributed by atoms with van der Waals surface area (Å²) in [5, 5.41) is 0. The molecular formula is C8H10. The van der Waals surface area contributed by atoms with Crippen LogP contribution in [0.4, 0.5) is 0 Å². The van der Waals surface area contributed by atoms with Crippen LogP contribution in [0, 0.1) is 11.8 Å². The zero-order valence-corrected chi connectivity index (χ0v) is 5.09. The fourth-order valence-electron chi connectivity index (χ4n) is 1.62. The Balaban J connectivity index is 2.15. The minimum Gasteiger partial charge on any atom is -0.0767 e. The molecule has 1 unspecified atom stereocenters. The van der Waals surface area contributed by atoms with Crippen molar-refractivity contribution < 1.29 is 0 Å². The van der Waals surface area contributed by atoms with Crippen molar-refractivity contribution in [1.82, 2.24) is 0 Å². The monoisotopic (exact) mass is 106 g/mol. The van der Waals surface area contributed by atoms with Gasteiger partial charge in [-0.15, -0.1) is 0 Å². The first-order valence-electron chi connectivity index (χ1n) is 3.31. The third kappa shape index (κ3) is 0.360. The summed E-state index contributed by atoms with van der Waals surface area (Å²) in [4.78, 5) is 0. The number of rotatable bonds is 1. The Morgan fingerprint density at radius 3 is 2.88 bits per heavy atom. The molecule has 0 amide bonds. The Bertz CT molecular complexity index is 163. The summed E-state index contributed by atoms with van der Waals surface area (Å²) in [6.07, 6.45) is 8.08. The van der Waals surface area contributed by atoms with Crippen molar-refractivity contribution in [2.24, 2.45) is 11.8 Å². The second-order valence-electron chi connectivity index (χ2n) is 2.59. The fourth-order valence-corrected chi connectivity index (χ4v) is 1.62. The maximum absolute atomic E-state index is 2.31. The highest BCUT2D eigenvalue weighted by molar-refractivity contribution is 5.43. The van der Waals surface area contributed by atoms with Crippen molar-refractivity contribution in [3.05, 3.63) is 23.8 Å². The van der Waals surface area contributed by atoms with E-state index in [4.69, 9.17) is 0 Å². The molecule has 0 heterocycles. The number of allylic oxidation sites excluding steroid dienone is 4. The third-order valence-electron chi connectivity index (χ3n) is 2.18. The van der Waals surface area contributed by atoms with E-state index in [0.717, 1.165) is 11.8 Å². The summed E-state index contributed by atoms with van der Waals surface area (Å²) in [5.74, 6) is 1.82. The predicted molar refractivity (Wildman–Crippen MR) is 34.5 cm³/mol. The molecule has 2 rings (SSSR count). The van der Waals surface area contributed by atoms with Gasteiger partial charge in [0.15, 0.2) is 0 Å². The largest absolute Gasteiger partial charge is 0.0767 e. The lowest BCUT2D eigenvalue weighted by Gasteiger charge is -1.83. The Kier molecular flexibility index (Phi) is 0.682. The number of hydrogen-bond donors (Lipinski definition) is 0. The molecule has 1 saturated carbocycles. The van der Waals surface area contributed by atoms with E-state index in [0.29, 0.717) is 0 Å². The van der Waals surface area contributed by atoms with Crippen LogP contribution in [-0.4, -0.2) is 0 Å². The van der Waals surface area contributed by atoms with Crippen molar-refractivity contribution in [3.8, 4) is 0 Å². The van der Waals surface area contributed by atoms with Crippen LogP contribution in [0.25, 0.3) is 0 Å². The lowest BCUT2D eigenvalue weighted by Crippen LogP contribution is -1.73. The van der Waals surface area contributed by atoms with Crippen LogP contribution in [-0.2, 0) is 0 Å². The Labute approximate surface area is 49.9 Å². The molecule has 0 nitrogen and oxygen atoms in total. The maximum atomic E-state index is 2.31. The molecule has 0 radical (unpaired) electrons. The molecule has 0 spiro atoms. The lowest BCUT2D eigenvalue weighted by molar-refractivity contribution is 0.762. The Hall–Kier alpha value is -0.520. The van der Waals surface area contributed by atoms with E-state index in [1.807, 2.05) is 0 Å². The molecule has 0 saturated heterocycles. The molecule has 2 aliphatic carbocycles. The molecule has 8 heavy (non-hydrogen) atoms. The summed E-state index contributed by atoms with van der Waals surface area (Å²) >= 11 is 0. The summed E-state index contributed by atoms with van der Waals surface area (Å²) in [6.45, 7) is 2.26. The molecule has 2 aliphatic rings. The maximum Gasteiger partial charge on any atom is 0.00518 e. The van der Waals surface area contributed by atoms with Crippen molar-refractivity contribution in [1.29, 1.82) is 0 Å². The van der Waals surface area contributed by atoms with Crippen LogP contribution in [0.5, 0.6) is 0 Å². The van der Waals surface area contributed by atoms with Crippen LogP contribution in [0.2, 0.25) is 0 Å². The second-order valence-corrected chi connectivity index (χ2v) is 2.59. The molecule has 0 heteroatoms. The van der Waals surface area contributed by atoms with Crippen molar-refractivity contribution in [2.45, 2.75) is 13.3 Å². The van der Waals surface area contributed by atoms with Gasteiger partial charge in [0.25, 0.3) is 0 Å². The lowest BCUT2D eigenvalue weighted by atomic mass is 10.2. The summed E-state index contributed by atoms with van der Waals surface area (Å²) in [6, 6.07) is 0. The van der Waals surface area contributed by atoms with Gasteiger partial charge in [-0.05, 0) is 12.3 Å². The van der Waals surface area contributed by atoms with Gasteiger partial charge in [-0.25, -0.2) is 0 Å².